The van der Waals surface area contributed by atoms with Crippen LogP contribution in [0.25, 0.3) is 0 Å². The Kier molecular flexibility index (Phi) is 7.19. The maximum atomic E-state index is 12.6. The van der Waals surface area contributed by atoms with Gasteiger partial charge < -0.3 is 19.1 Å². The molecule has 0 bridgehead atoms. The number of aromatic nitrogens is 1. The highest BCUT2D eigenvalue weighted by molar-refractivity contribution is 7.90. The zero-order chi connectivity index (χ0) is 23.3. The Bertz CT molecular complexity index is 1060. The van der Waals surface area contributed by atoms with Crippen molar-refractivity contribution >= 4 is 15.9 Å². The van der Waals surface area contributed by atoms with Crippen molar-refractivity contribution in [3.63, 3.8) is 0 Å². The SMILES string of the molecule is COCCCS(=O)(=O)Cc1ccc(OC(=O)N2CCC3(CCc4ccccc4O3)CC2)nc1. The van der Waals surface area contributed by atoms with Crippen LogP contribution in [0.1, 0.15) is 36.8 Å². The molecule has 0 radical (unpaired) electrons. The van der Waals surface area contributed by atoms with E-state index in [-0.39, 0.29) is 23.0 Å². The van der Waals surface area contributed by atoms with E-state index in [9.17, 15) is 13.2 Å². The molecular weight excluding hydrogens is 444 g/mol. The van der Waals surface area contributed by atoms with Crippen molar-refractivity contribution in [3.05, 3.63) is 53.7 Å². The normalized spacial score (nSPS) is 17.3. The van der Waals surface area contributed by atoms with Crippen molar-refractivity contribution in [1.82, 2.24) is 9.88 Å². The van der Waals surface area contributed by atoms with Crippen LogP contribution in [0.3, 0.4) is 0 Å². The summed E-state index contributed by atoms with van der Waals surface area (Å²) in [6, 6.07) is 11.3. The number of rotatable bonds is 7. The Morgan fingerprint density at radius 1 is 1.15 bits per heavy atom. The van der Waals surface area contributed by atoms with Crippen molar-refractivity contribution in [1.29, 1.82) is 0 Å². The lowest BCUT2D eigenvalue weighted by Gasteiger charge is -2.44. The molecule has 33 heavy (non-hydrogen) atoms. The summed E-state index contributed by atoms with van der Waals surface area (Å²) in [6.45, 7) is 1.51. The number of hydrogen-bond acceptors (Lipinski definition) is 7. The van der Waals surface area contributed by atoms with Gasteiger partial charge in [-0.25, -0.2) is 18.2 Å². The van der Waals surface area contributed by atoms with Gasteiger partial charge in [-0.1, -0.05) is 24.3 Å². The summed E-state index contributed by atoms with van der Waals surface area (Å²) in [6.07, 6.45) is 4.89. The summed E-state index contributed by atoms with van der Waals surface area (Å²) in [4.78, 5) is 18.4. The van der Waals surface area contributed by atoms with Crippen LogP contribution in [0.4, 0.5) is 4.79 Å². The molecule has 0 unspecified atom stereocenters. The number of methoxy groups -OCH3 is 1. The Balaban J connectivity index is 1.27. The molecule has 4 rings (SSSR count). The summed E-state index contributed by atoms with van der Waals surface area (Å²) in [5.41, 5.74) is 1.57. The number of benzene rings is 1. The van der Waals surface area contributed by atoms with Crippen molar-refractivity contribution < 1.29 is 27.4 Å². The van der Waals surface area contributed by atoms with Crippen molar-refractivity contribution in [2.45, 2.75) is 43.5 Å². The van der Waals surface area contributed by atoms with Gasteiger partial charge in [-0.15, -0.1) is 0 Å². The molecule has 1 amide bonds. The molecule has 9 heteroatoms. The fourth-order valence-corrected chi connectivity index (χ4v) is 5.75. The monoisotopic (exact) mass is 474 g/mol. The minimum Gasteiger partial charge on any atom is -0.487 e. The van der Waals surface area contributed by atoms with Crippen LogP contribution in [0.15, 0.2) is 42.6 Å². The van der Waals surface area contributed by atoms with Crippen LogP contribution in [0, 0.1) is 0 Å². The van der Waals surface area contributed by atoms with Crippen LogP contribution in [0.5, 0.6) is 11.6 Å². The Morgan fingerprint density at radius 3 is 2.67 bits per heavy atom. The highest BCUT2D eigenvalue weighted by Crippen LogP contribution is 2.39. The zero-order valence-corrected chi connectivity index (χ0v) is 19.7. The first kappa shape index (κ1) is 23.5. The van der Waals surface area contributed by atoms with Crippen molar-refractivity contribution in [3.8, 4) is 11.6 Å². The molecule has 0 aliphatic carbocycles. The smallest absolute Gasteiger partial charge is 0.416 e. The van der Waals surface area contributed by atoms with Gasteiger partial charge in [0.1, 0.15) is 11.4 Å². The highest BCUT2D eigenvalue weighted by atomic mass is 32.2. The van der Waals surface area contributed by atoms with Crippen molar-refractivity contribution in [2.24, 2.45) is 0 Å². The minimum absolute atomic E-state index is 0.0589. The molecule has 8 nitrogen and oxygen atoms in total. The Hall–Kier alpha value is -2.65. The van der Waals surface area contributed by atoms with Crippen LogP contribution in [-0.4, -0.2) is 62.6 Å². The number of nitrogens with zero attached hydrogens (tertiary/aromatic N) is 2. The molecule has 3 heterocycles. The standard InChI is InChI=1S/C24H30N2O6S/c1-30-15-4-16-33(28,29)18-19-7-8-22(25-17-19)31-23(27)26-13-11-24(12-14-26)10-9-20-5-2-3-6-21(20)32-24/h2-3,5-8,17H,4,9-16,18H2,1H3. The number of para-hydroxylation sites is 1. The second-order valence-corrected chi connectivity index (χ2v) is 10.9. The maximum Gasteiger partial charge on any atom is 0.416 e. The largest absolute Gasteiger partial charge is 0.487 e. The van der Waals surface area contributed by atoms with Gasteiger partial charge in [-0.2, -0.15) is 0 Å². The van der Waals surface area contributed by atoms with E-state index in [1.165, 1.54) is 17.8 Å². The Labute approximate surface area is 194 Å². The van der Waals surface area contributed by atoms with Gasteiger partial charge in [0, 0.05) is 51.9 Å². The number of amides is 1. The van der Waals surface area contributed by atoms with E-state index >= 15 is 0 Å². The number of fused-ring (bicyclic) bond motifs is 1. The molecule has 1 saturated heterocycles. The predicted molar refractivity (Wildman–Crippen MR) is 123 cm³/mol. The molecule has 2 aromatic rings. The molecule has 1 aromatic heterocycles. The van der Waals surface area contributed by atoms with Gasteiger partial charge in [0.2, 0.25) is 5.88 Å². The molecule has 1 fully saturated rings. The highest BCUT2D eigenvalue weighted by Gasteiger charge is 2.40. The molecule has 0 atom stereocenters. The summed E-state index contributed by atoms with van der Waals surface area (Å²) >= 11 is 0. The molecule has 2 aliphatic rings. The van der Waals surface area contributed by atoms with E-state index in [4.69, 9.17) is 14.2 Å². The topological polar surface area (TPSA) is 95.0 Å². The number of carbonyl (C=O) groups is 1. The van der Waals surface area contributed by atoms with Gasteiger partial charge >= 0.3 is 6.09 Å². The van der Waals surface area contributed by atoms with Crippen LogP contribution in [-0.2, 0) is 26.7 Å². The average Bonchev–Trinajstić information content (AvgIpc) is 2.80. The van der Waals surface area contributed by atoms with E-state index in [0.717, 1.165) is 31.4 Å². The number of carbonyl (C=O) groups excluding carboxylic acids is 1. The second-order valence-electron chi connectivity index (χ2n) is 8.69. The van der Waals surface area contributed by atoms with Gasteiger partial charge in [-0.05, 0) is 36.5 Å². The minimum atomic E-state index is -3.24. The van der Waals surface area contributed by atoms with E-state index in [2.05, 4.69) is 11.1 Å². The predicted octanol–water partition coefficient (Wildman–Crippen LogP) is 3.39. The lowest BCUT2D eigenvalue weighted by atomic mass is 9.83. The third-order valence-electron chi connectivity index (χ3n) is 6.26. The zero-order valence-electron chi connectivity index (χ0n) is 18.9. The lowest BCUT2D eigenvalue weighted by Crippen LogP contribution is -2.51. The van der Waals surface area contributed by atoms with Crippen molar-refractivity contribution in [2.75, 3.05) is 32.6 Å². The molecular formula is C24H30N2O6S. The first-order chi connectivity index (χ1) is 15.9. The van der Waals surface area contributed by atoms with E-state index in [0.29, 0.717) is 31.7 Å². The van der Waals surface area contributed by atoms with Gasteiger partial charge in [0.25, 0.3) is 0 Å². The number of piperidine rings is 1. The van der Waals surface area contributed by atoms with Gasteiger partial charge in [0.15, 0.2) is 9.84 Å². The lowest BCUT2D eigenvalue weighted by molar-refractivity contribution is -0.00962. The summed E-state index contributed by atoms with van der Waals surface area (Å²) < 4.78 is 41.0. The number of sulfone groups is 1. The van der Waals surface area contributed by atoms with Gasteiger partial charge in [-0.3, -0.25) is 0 Å². The maximum absolute atomic E-state index is 12.6. The van der Waals surface area contributed by atoms with E-state index in [1.54, 1.807) is 18.1 Å². The van der Waals surface area contributed by atoms with E-state index in [1.807, 2.05) is 18.2 Å². The molecule has 1 spiro atoms. The Morgan fingerprint density at radius 2 is 1.94 bits per heavy atom. The quantitative estimate of drug-likeness (QED) is 0.568. The average molecular weight is 475 g/mol. The van der Waals surface area contributed by atoms with Crippen LogP contribution in [0.2, 0.25) is 0 Å². The summed E-state index contributed by atoms with van der Waals surface area (Å²) in [5.74, 6) is 1.06. The molecule has 0 saturated carbocycles. The molecule has 0 N–H and O–H groups in total. The third-order valence-corrected chi connectivity index (χ3v) is 7.95. The first-order valence-electron chi connectivity index (χ1n) is 11.3. The number of hydrogen-bond donors (Lipinski definition) is 0. The molecule has 1 aromatic carbocycles. The number of likely N-dealkylation sites (tertiary alicyclic amines) is 1. The first-order valence-corrected chi connectivity index (χ1v) is 13.1. The summed E-state index contributed by atoms with van der Waals surface area (Å²) in [5, 5.41) is 0. The number of ether oxygens (including phenoxy) is 3. The molecule has 2 aliphatic heterocycles. The third kappa shape index (κ3) is 6.03. The second kappa shape index (κ2) is 10.1. The summed E-state index contributed by atoms with van der Waals surface area (Å²) in [7, 11) is -1.70. The van der Waals surface area contributed by atoms with E-state index < -0.39 is 15.9 Å². The number of aryl methyl sites for hydroxylation is 1. The fourth-order valence-electron chi connectivity index (χ4n) is 4.37. The fraction of sp³-hybridized carbons (Fsp3) is 0.500. The number of pyridine rings is 1. The van der Waals surface area contributed by atoms with Crippen LogP contribution < -0.4 is 9.47 Å². The van der Waals surface area contributed by atoms with Gasteiger partial charge in [0.05, 0.1) is 11.5 Å². The van der Waals surface area contributed by atoms with Crippen LogP contribution >= 0.6 is 0 Å². The molecule has 178 valence electrons.